The summed E-state index contributed by atoms with van der Waals surface area (Å²) in [4.78, 5) is 24.4. The van der Waals surface area contributed by atoms with Crippen LogP contribution in [0.25, 0.3) is 10.6 Å². The van der Waals surface area contributed by atoms with Gasteiger partial charge in [-0.25, -0.2) is 4.98 Å². The molecule has 0 bridgehead atoms. The molecular formula is C15H12N4OS. The average molecular weight is 296 g/mol. The number of nitrogens with zero attached hydrogens (tertiary/aromatic N) is 3. The van der Waals surface area contributed by atoms with Crippen LogP contribution >= 0.6 is 11.3 Å². The van der Waals surface area contributed by atoms with Gasteiger partial charge in [0.05, 0.1) is 0 Å². The first-order valence-corrected chi connectivity index (χ1v) is 7.24. The van der Waals surface area contributed by atoms with Crippen molar-refractivity contribution in [3.05, 3.63) is 65.7 Å². The molecule has 0 aliphatic carbocycles. The molecule has 3 aromatic heterocycles. The highest BCUT2D eigenvalue weighted by atomic mass is 32.1. The summed E-state index contributed by atoms with van der Waals surface area (Å²) in [6.45, 7) is 0.459. The number of hydrogen-bond donors (Lipinski definition) is 1. The number of hydrogen-bond acceptors (Lipinski definition) is 5. The average Bonchev–Trinajstić information content (AvgIpc) is 3.04. The lowest BCUT2D eigenvalue weighted by Gasteiger charge is -2.02. The summed E-state index contributed by atoms with van der Waals surface area (Å²) in [5, 5.41) is 5.39. The number of thiazole rings is 1. The molecule has 0 saturated carbocycles. The SMILES string of the molecule is O=C(NCc1ccncc1)c1csc(-c2cccnc2)n1. The highest BCUT2D eigenvalue weighted by molar-refractivity contribution is 7.13. The minimum absolute atomic E-state index is 0.182. The summed E-state index contributed by atoms with van der Waals surface area (Å²) in [6, 6.07) is 7.50. The summed E-state index contributed by atoms with van der Waals surface area (Å²) in [7, 11) is 0. The third-order valence-corrected chi connectivity index (χ3v) is 3.74. The van der Waals surface area contributed by atoms with Gasteiger partial charge < -0.3 is 5.32 Å². The number of rotatable bonds is 4. The van der Waals surface area contributed by atoms with E-state index in [9.17, 15) is 4.79 Å². The molecule has 0 aliphatic rings. The van der Waals surface area contributed by atoms with Crippen molar-refractivity contribution in [3.8, 4) is 10.6 Å². The molecule has 104 valence electrons. The Bertz CT molecular complexity index is 728. The first-order valence-electron chi connectivity index (χ1n) is 6.36. The van der Waals surface area contributed by atoms with Crippen molar-refractivity contribution in [1.82, 2.24) is 20.3 Å². The Morgan fingerprint density at radius 1 is 1.14 bits per heavy atom. The van der Waals surface area contributed by atoms with E-state index >= 15 is 0 Å². The molecule has 0 unspecified atom stereocenters. The van der Waals surface area contributed by atoms with Gasteiger partial charge in [-0.15, -0.1) is 11.3 Å². The second kappa shape index (κ2) is 6.23. The van der Waals surface area contributed by atoms with Crippen molar-refractivity contribution in [2.75, 3.05) is 0 Å². The predicted octanol–water partition coefficient (Wildman–Crippen LogP) is 2.53. The molecule has 5 nitrogen and oxygen atoms in total. The Labute approximate surface area is 125 Å². The second-order valence-corrected chi connectivity index (χ2v) is 5.18. The van der Waals surface area contributed by atoms with Crippen molar-refractivity contribution in [2.45, 2.75) is 6.54 Å². The van der Waals surface area contributed by atoms with Crippen LogP contribution in [-0.2, 0) is 6.54 Å². The fourth-order valence-electron chi connectivity index (χ4n) is 1.77. The first kappa shape index (κ1) is 13.4. The van der Waals surface area contributed by atoms with Crippen molar-refractivity contribution < 1.29 is 4.79 Å². The molecule has 0 saturated heterocycles. The van der Waals surface area contributed by atoms with Gasteiger partial charge in [-0.1, -0.05) is 0 Å². The summed E-state index contributed by atoms with van der Waals surface area (Å²) < 4.78 is 0. The highest BCUT2D eigenvalue weighted by Crippen LogP contribution is 2.22. The molecule has 1 amide bonds. The maximum atomic E-state index is 12.1. The molecule has 3 heterocycles. The zero-order chi connectivity index (χ0) is 14.5. The number of amides is 1. The van der Waals surface area contributed by atoms with E-state index < -0.39 is 0 Å². The van der Waals surface area contributed by atoms with Crippen molar-refractivity contribution >= 4 is 17.2 Å². The van der Waals surface area contributed by atoms with Gasteiger partial charge in [-0.3, -0.25) is 14.8 Å². The van der Waals surface area contributed by atoms with Crippen molar-refractivity contribution in [1.29, 1.82) is 0 Å². The van der Waals surface area contributed by atoms with Crippen LogP contribution in [0.15, 0.2) is 54.4 Å². The molecule has 0 fully saturated rings. The van der Waals surface area contributed by atoms with E-state index in [-0.39, 0.29) is 5.91 Å². The third-order valence-electron chi connectivity index (χ3n) is 2.85. The number of aromatic nitrogens is 3. The molecule has 3 rings (SSSR count). The van der Waals surface area contributed by atoms with E-state index in [2.05, 4.69) is 20.3 Å². The zero-order valence-electron chi connectivity index (χ0n) is 11.1. The lowest BCUT2D eigenvalue weighted by Crippen LogP contribution is -2.23. The molecule has 0 aromatic carbocycles. The van der Waals surface area contributed by atoms with Gasteiger partial charge in [-0.05, 0) is 29.8 Å². The Kier molecular flexibility index (Phi) is 3.97. The lowest BCUT2D eigenvalue weighted by atomic mass is 10.2. The fraction of sp³-hybridized carbons (Fsp3) is 0.0667. The highest BCUT2D eigenvalue weighted by Gasteiger charge is 2.11. The summed E-state index contributed by atoms with van der Waals surface area (Å²) in [5.41, 5.74) is 2.34. The van der Waals surface area contributed by atoms with Crippen LogP contribution in [0.2, 0.25) is 0 Å². The first-order chi connectivity index (χ1) is 10.3. The van der Waals surface area contributed by atoms with Crippen LogP contribution in [0.1, 0.15) is 16.1 Å². The molecule has 0 radical (unpaired) electrons. The Hall–Kier alpha value is -2.60. The Morgan fingerprint density at radius 2 is 2.00 bits per heavy atom. The maximum absolute atomic E-state index is 12.1. The van der Waals surface area contributed by atoms with Gasteiger partial charge in [-0.2, -0.15) is 0 Å². The Morgan fingerprint density at radius 3 is 2.76 bits per heavy atom. The van der Waals surface area contributed by atoms with Crippen LogP contribution in [-0.4, -0.2) is 20.9 Å². The quantitative estimate of drug-likeness (QED) is 0.803. The van der Waals surface area contributed by atoms with Crippen LogP contribution < -0.4 is 5.32 Å². The molecule has 0 spiro atoms. The van der Waals surface area contributed by atoms with Crippen LogP contribution in [0, 0.1) is 0 Å². The van der Waals surface area contributed by atoms with Crippen molar-refractivity contribution in [3.63, 3.8) is 0 Å². The molecule has 0 atom stereocenters. The number of nitrogens with one attached hydrogen (secondary N) is 1. The summed E-state index contributed by atoms with van der Waals surface area (Å²) in [6.07, 6.45) is 6.84. The predicted molar refractivity (Wildman–Crippen MR) is 80.8 cm³/mol. The van der Waals surface area contributed by atoms with E-state index in [1.54, 1.807) is 30.2 Å². The minimum Gasteiger partial charge on any atom is -0.347 e. The standard InChI is InChI=1S/C15H12N4OS/c20-14(18-8-11-3-6-16-7-4-11)13-10-21-15(19-13)12-2-1-5-17-9-12/h1-7,9-10H,8H2,(H,18,20). The van der Waals surface area contributed by atoms with Gasteiger partial charge in [0.25, 0.3) is 5.91 Å². The van der Waals surface area contributed by atoms with E-state index in [0.29, 0.717) is 12.2 Å². The Balaban J connectivity index is 1.67. The number of carbonyl (C=O) groups excluding carboxylic acids is 1. The van der Waals surface area contributed by atoms with Crippen LogP contribution in [0.3, 0.4) is 0 Å². The summed E-state index contributed by atoms with van der Waals surface area (Å²) in [5.74, 6) is -0.182. The number of pyridine rings is 2. The van der Waals surface area contributed by atoms with Crippen LogP contribution in [0.4, 0.5) is 0 Å². The maximum Gasteiger partial charge on any atom is 0.271 e. The zero-order valence-corrected chi connectivity index (χ0v) is 11.9. The van der Waals surface area contributed by atoms with E-state index in [1.165, 1.54) is 11.3 Å². The smallest absolute Gasteiger partial charge is 0.271 e. The molecule has 0 aliphatic heterocycles. The molecule has 21 heavy (non-hydrogen) atoms. The van der Waals surface area contributed by atoms with E-state index in [1.807, 2.05) is 24.3 Å². The fourth-order valence-corrected chi connectivity index (χ4v) is 2.56. The van der Waals surface area contributed by atoms with E-state index in [0.717, 1.165) is 16.1 Å². The van der Waals surface area contributed by atoms with Gasteiger partial charge in [0.15, 0.2) is 0 Å². The van der Waals surface area contributed by atoms with Crippen molar-refractivity contribution in [2.24, 2.45) is 0 Å². The topological polar surface area (TPSA) is 67.8 Å². The molecular weight excluding hydrogens is 284 g/mol. The monoisotopic (exact) mass is 296 g/mol. The lowest BCUT2D eigenvalue weighted by molar-refractivity contribution is 0.0946. The normalized spacial score (nSPS) is 10.3. The number of carbonyl (C=O) groups is 1. The van der Waals surface area contributed by atoms with Gasteiger partial charge >= 0.3 is 0 Å². The van der Waals surface area contributed by atoms with Gasteiger partial charge in [0, 0.05) is 42.3 Å². The summed E-state index contributed by atoms with van der Waals surface area (Å²) >= 11 is 1.43. The van der Waals surface area contributed by atoms with Gasteiger partial charge in [0.1, 0.15) is 10.7 Å². The largest absolute Gasteiger partial charge is 0.347 e. The molecule has 3 aromatic rings. The van der Waals surface area contributed by atoms with Gasteiger partial charge in [0.2, 0.25) is 0 Å². The van der Waals surface area contributed by atoms with E-state index in [4.69, 9.17) is 0 Å². The minimum atomic E-state index is -0.182. The van der Waals surface area contributed by atoms with Crippen LogP contribution in [0.5, 0.6) is 0 Å². The molecule has 6 heteroatoms. The second-order valence-electron chi connectivity index (χ2n) is 4.32. The third kappa shape index (κ3) is 3.29. The molecule has 1 N–H and O–H groups in total.